The van der Waals surface area contributed by atoms with Crippen molar-refractivity contribution < 1.29 is 4.74 Å². The van der Waals surface area contributed by atoms with E-state index in [-0.39, 0.29) is 5.41 Å². The van der Waals surface area contributed by atoms with Crippen LogP contribution in [0.3, 0.4) is 0 Å². The largest absolute Gasteiger partial charge is 0.496 e. The van der Waals surface area contributed by atoms with Crippen LogP contribution in [-0.4, -0.2) is 7.11 Å². The maximum atomic E-state index is 5.25. The highest BCUT2D eigenvalue weighted by Gasteiger charge is 2.23. The summed E-state index contributed by atoms with van der Waals surface area (Å²) in [4.78, 5) is 0.370. The number of hydrogen-bond acceptors (Lipinski definition) is 1. The smallest absolute Gasteiger partial charge is 0.121 e. The van der Waals surface area contributed by atoms with Crippen molar-refractivity contribution in [3.05, 3.63) is 29.3 Å². The molecule has 0 saturated carbocycles. The van der Waals surface area contributed by atoms with Crippen LogP contribution in [0, 0.1) is 12.3 Å². The third kappa shape index (κ3) is 2.97. The van der Waals surface area contributed by atoms with Gasteiger partial charge in [0.25, 0.3) is 0 Å². The van der Waals surface area contributed by atoms with Crippen molar-refractivity contribution in [3.8, 4) is 5.75 Å². The molecule has 0 aliphatic heterocycles. The summed E-state index contributed by atoms with van der Waals surface area (Å²) in [7, 11) is 1.71. The first-order chi connectivity index (χ1) is 6.86. The van der Waals surface area contributed by atoms with E-state index in [1.165, 1.54) is 11.1 Å². The Bertz CT molecular complexity index is 339. The Kier molecular flexibility index (Phi) is 3.82. The number of benzene rings is 1. The molecule has 1 atom stereocenters. The molecule has 0 spiro atoms. The number of aryl methyl sites for hydroxylation is 1. The molecule has 2 heteroatoms. The lowest BCUT2D eigenvalue weighted by Gasteiger charge is -2.26. The third-order valence-corrected chi connectivity index (χ3v) is 4.37. The zero-order chi connectivity index (χ0) is 11.6. The van der Waals surface area contributed by atoms with E-state index in [1.807, 2.05) is 6.07 Å². The molecule has 1 nitrogen and oxygen atoms in total. The van der Waals surface area contributed by atoms with Gasteiger partial charge in [-0.15, -0.1) is 0 Å². The molecule has 0 fully saturated rings. The van der Waals surface area contributed by atoms with E-state index in [0.717, 1.165) is 5.75 Å². The van der Waals surface area contributed by atoms with Crippen LogP contribution in [0.15, 0.2) is 18.2 Å². The van der Waals surface area contributed by atoms with Gasteiger partial charge < -0.3 is 4.74 Å². The van der Waals surface area contributed by atoms with Gasteiger partial charge in [0, 0.05) is 4.83 Å². The second-order valence-electron chi connectivity index (χ2n) is 4.96. The lowest BCUT2D eigenvalue weighted by molar-refractivity contribution is 0.402. The van der Waals surface area contributed by atoms with E-state index in [4.69, 9.17) is 4.74 Å². The van der Waals surface area contributed by atoms with Crippen molar-refractivity contribution >= 4 is 15.9 Å². The van der Waals surface area contributed by atoms with Crippen LogP contribution in [0.2, 0.25) is 0 Å². The molecule has 15 heavy (non-hydrogen) atoms. The molecule has 0 radical (unpaired) electrons. The Balaban J connectivity index is 3.02. The van der Waals surface area contributed by atoms with Crippen molar-refractivity contribution in [1.29, 1.82) is 0 Å². The first-order valence-corrected chi connectivity index (χ1v) is 6.06. The van der Waals surface area contributed by atoms with Crippen molar-refractivity contribution in [2.75, 3.05) is 7.11 Å². The molecule has 0 amide bonds. The molecule has 0 heterocycles. The van der Waals surface area contributed by atoms with Crippen LogP contribution < -0.4 is 4.74 Å². The molecular weight excluding hydrogens is 252 g/mol. The molecule has 0 aromatic heterocycles. The maximum absolute atomic E-state index is 5.25. The average molecular weight is 271 g/mol. The number of alkyl halides is 1. The van der Waals surface area contributed by atoms with E-state index in [9.17, 15) is 0 Å². The van der Waals surface area contributed by atoms with Crippen LogP contribution in [0.25, 0.3) is 0 Å². The van der Waals surface area contributed by atoms with Gasteiger partial charge in [0.2, 0.25) is 0 Å². The molecule has 1 rings (SSSR count). The Hall–Kier alpha value is -0.500. The highest BCUT2D eigenvalue weighted by Crippen LogP contribution is 2.40. The fourth-order valence-corrected chi connectivity index (χ4v) is 1.84. The number of hydrogen-bond donors (Lipinski definition) is 0. The van der Waals surface area contributed by atoms with Gasteiger partial charge in [0.15, 0.2) is 0 Å². The van der Waals surface area contributed by atoms with Crippen LogP contribution in [-0.2, 0) is 0 Å². The molecule has 0 saturated heterocycles. The average Bonchev–Trinajstić information content (AvgIpc) is 2.15. The lowest BCUT2D eigenvalue weighted by Crippen LogP contribution is -2.12. The number of rotatable bonds is 2. The summed E-state index contributed by atoms with van der Waals surface area (Å²) < 4.78 is 5.25. The van der Waals surface area contributed by atoms with Gasteiger partial charge in [0.05, 0.1) is 7.11 Å². The van der Waals surface area contributed by atoms with E-state index in [1.54, 1.807) is 7.11 Å². The minimum Gasteiger partial charge on any atom is -0.496 e. The van der Waals surface area contributed by atoms with Gasteiger partial charge in [-0.25, -0.2) is 0 Å². The summed E-state index contributed by atoms with van der Waals surface area (Å²) in [6.45, 7) is 8.76. The van der Waals surface area contributed by atoms with Gasteiger partial charge in [0.1, 0.15) is 5.75 Å². The Morgan fingerprint density at radius 1 is 1.27 bits per heavy atom. The van der Waals surface area contributed by atoms with E-state index in [2.05, 4.69) is 55.8 Å². The summed E-state index contributed by atoms with van der Waals surface area (Å²) in [5.41, 5.74) is 2.71. The Morgan fingerprint density at radius 2 is 1.87 bits per heavy atom. The second-order valence-corrected chi connectivity index (χ2v) is 5.87. The SMILES string of the molecule is COc1ccc(C(Br)C(C)(C)C)cc1C. The monoisotopic (exact) mass is 270 g/mol. The van der Waals surface area contributed by atoms with Crippen LogP contribution in [0.1, 0.15) is 36.7 Å². The van der Waals surface area contributed by atoms with E-state index in [0.29, 0.717) is 4.83 Å². The second kappa shape index (κ2) is 4.56. The predicted molar refractivity (Wildman–Crippen MR) is 68.9 cm³/mol. The molecule has 84 valence electrons. The minimum atomic E-state index is 0.223. The first kappa shape index (κ1) is 12.6. The molecular formula is C13H19BrO. The van der Waals surface area contributed by atoms with Gasteiger partial charge >= 0.3 is 0 Å². The summed E-state index contributed by atoms with van der Waals surface area (Å²) in [5, 5.41) is 0. The van der Waals surface area contributed by atoms with Crippen molar-refractivity contribution in [3.63, 3.8) is 0 Å². The van der Waals surface area contributed by atoms with Crippen LogP contribution >= 0.6 is 15.9 Å². The fraction of sp³-hybridized carbons (Fsp3) is 0.538. The van der Waals surface area contributed by atoms with E-state index < -0.39 is 0 Å². The van der Waals surface area contributed by atoms with Gasteiger partial charge in [-0.05, 0) is 29.5 Å². The van der Waals surface area contributed by atoms with Crippen molar-refractivity contribution in [1.82, 2.24) is 0 Å². The number of methoxy groups -OCH3 is 1. The molecule has 0 aliphatic rings. The lowest BCUT2D eigenvalue weighted by atomic mass is 9.87. The molecule has 0 N–H and O–H groups in total. The normalized spacial score (nSPS) is 13.7. The Morgan fingerprint density at radius 3 is 2.27 bits per heavy atom. The first-order valence-electron chi connectivity index (χ1n) is 5.15. The number of halogens is 1. The molecule has 1 aromatic rings. The zero-order valence-electron chi connectivity index (χ0n) is 10.1. The third-order valence-electron chi connectivity index (χ3n) is 2.47. The molecule has 0 bridgehead atoms. The molecule has 1 unspecified atom stereocenters. The standard InChI is InChI=1S/C13H19BrO/c1-9-8-10(6-7-11(9)15-5)12(14)13(2,3)4/h6-8,12H,1-5H3. The van der Waals surface area contributed by atoms with Crippen LogP contribution in [0.4, 0.5) is 0 Å². The number of ether oxygens (including phenoxy) is 1. The quantitative estimate of drug-likeness (QED) is 0.720. The summed E-state index contributed by atoms with van der Waals surface area (Å²) in [6, 6.07) is 6.34. The summed E-state index contributed by atoms with van der Waals surface area (Å²) in [6.07, 6.45) is 0. The minimum absolute atomic E-state index is 0.223. The molecule has 0 aliphatic carbocycles. The summed E-state index contributed by atoms with van der Waals surface area (Å²) >= 11 is 3.75. The highest BCUT2D eigenvalue weighted by atomic mass is 79.9. The highest BCUT2D eigenvalue weighted by molar-refractivity contribution is 9.09. The summed E-state index contributed by atoms with van der Waals surface area (Å²) in [5.74, 6) is 0.951. The molecule has 1 aromatic carbocycles. The van der Waals surface area contributed by atoms with E-state index >= 15 is 0 Å². The van der Waals surface area contributed by atoms with Gasteiger partial charge in [-0.2, -0.15) is 0 Å². The van der Waals surface area contributed by atoms with Crippen molar-refractivity contribution in [2.45, 2.75) is 32.5 Å². The fourth-order valence-electron chi connectivity index (χ4n) is 1.56. The predicted octanol–water partition coefficient (Wildman–Crippen LogP) is 4.49. The topological polar surface area (TPSA) is 9.23 Å². The van der Waals surface area contributed by atoms with Gasteiger partial charge in [-0.1, -0.05) is 48.8 Å². The Labute approximate surface area is 101 Å². The van der Waals surface area contributed by atoms with Crippen LogP contribution in [0.5, 0.6) is 5.75 Å². The maximum Gasteiger partial charge on any atom is 0.121 e. The van der Waals surface area contributed by atoms with Crippen molar-refractivity contribution in [2.24, 2.45) is 5.41 Å². The van der Waals surface area contributed by atoms with Gasteiger partial charge in [-0.3, -0.25) is 0 Å². The zero-order valence-corrected chi connectivity index (χ0v) is 11.7.